The number of methoxy groups -OCH3 is 1. The molecule has 4 heteroatoms. The number of aryl methyl sites for hydroxylation is 1. The van der Waals surface area contributed by atoms with Crippen molar-refractivity contribution in [1.29, 1.82) is 0 Å². The summed E-state index contributed by atoms with van der Waals surface area (Å²) in [6.45, 7) is 1.95. The Balaban J connectivity index is 3.18. The maximum Gasteiger partial charge on any atom is 0.311 e. The van der Waals surface area contributed by atoms with E-state index in [2.05, 4.69) is 0 Å². The topological polar surface area (TPSA) is 52.4 Å². The second-order valence-corrected chi connectivity index (χ2v) is 2.62. The number of nitrogens with zero attached hydrogens (tertiary/aromatic N) is 1. The summed E-state index contributed by atoms with van der Waals surface area (Å²) in [5.74, 6) is 0.308. The third-order valence-corrected chi connectivity index (χ3v) is 1.85. The van der Waals surface area contributed by atoms with E-state index in [0.29, 0.717) is 5.75 Å². The summed E-state index contributed by atoms with van der Waals surface area (Å²) >= 11 is 0. The highest BCUT2D eigenvalue weighted by molar-refractivity contribution is 5.48. The van der Waals surface area contributed by atoms with Gasteiger partial charge in [-0.05, 0) is 18.1 Å². The fourth-order valence-electron chi connectivity index (χ4n) is 1.10. The molecular weight excluding hydrogens is 170 g/mol. The van der Waals surface area contributed by atoms with E-state index in [9.17, 15) is 10.1 Å². The van der Waals surface area contributed by atoms with E-state index >= 15 is 0 Å². The molecule has 0 N–H and O–H groups in total. The fraction of sp³-hybridized carbons (Fsp3) is 0.333. The fourth-order valence-corrected chi connectivity index (χ4v) is 1.10. The van der Waals surface area contributed by atoms with Gasteiger partial charge in [-0.3, -0.25) is 10.1 Å². The van der Waals surface area contributed by atoms with Gasteiger partial charge in [0.05, 0.1) is 12.0 Å². The summed E-state index contributed by atoms with van der Waals surface area (Å²) in [4.78, 5) is 10.1. The number of hydrogen-bond acceptors (Lipinski definition) is 3. The smallest absolute Gasteiger partial charge is 0.311 e. The molecule has 4 nitrogen and oxygen atoms in total. The summed E-state index contributed by atoms with van der Waals surface area (Å²) < 4.78 is 4.86. The Morgan fingerprint density at radius 3 is 2.69 bits per heavy atom. The lowest BCUT2D eigenvalue weighted by Gasteiger charge is -2.02. The van der Waals surface area contributed by atoms with Crippen molar-refractivity contribution in [3.8, 4) is 5.75 Å². The van der Waals surface area contributed by atoms with Gasteiger partial charge in [0.15, 0.2) is 5.75 Å². The molecule has 0 unspecified atom stereocenters. The molecule has 0 bridgehead atoms. The minimum Gasteiger partial charge on any atom is -0.490 e. The first-order valence-corrected chi connectivity index (χ1v) is 4.00. The van der Waals surface area contributed by atoms with Crippen LogP contribution in [0.25, 0.3) is 0 Å². The summed E-state index contributed by atoms with van der Waals surface area (Å²) in [5, 5.41) is 10.6. The molecular formula is C9H11NO3. The molecule has 0 atom stereocenters. The third-order valence-electron chi connectivity index (χ3n) is 1.85. The second-order valence-electron chi connectivity index (χ2n) is 2.62. The average molecular weight is 181 g/mol. The quantitative estimate of drug-likeness (QED) is 0.530. The zero-order valence-corrected chi connectivity index (χ0v) is 7.61. The minimum atomic E-state index is -0.433. The van der Waals surface area contributed by atoms with Gasteiger partial charge in [0, 0.05) is 6.07 Å². The van der Waals surface area contributed by atoms with Crippen LogP contribution in [-0.2, 0) is 6.42 Å². The molecule has 0 spiro atoms. The van der Waals surface area contributed by atoms with Gasteiger partial charge in [-0.25, -0.2) is 0 Å². The Morgan fingerprint density at radius 2 is 2.23 bits per heavy atom. The molecule has 1 aromatic rings. The van der Waals surface area contributed by atoms with Crippen LogP contribution in [-0.4, -0.2) is 12.0 Å². The summed E-state index contributed by atoms with van der Waals surface area (Å²) in [6.07, 6.45) is 0.783. The molecule has 0 aromatic heterocycles. The monoisotopic (exact) mass is 181 g/mol. The van der Waals surface area contributed by atoms with Crippen molar-refractivity contribution in [1.82, 2.24) is 0 Å². The van der Waals surface area contributed by atoms with Gasteiger partial charge in [-0.1, -0.05) is 13.0 Å². The van der Waals surface area contributed by atoms with Crippen molar-refractivity contribution in [2.24, 2.45) is 0 Å². The van der Waals surface area contributed by atoms with Crippen molar-refractivity contribution in [3.05, 3.63) is 33.9 Å². The van der Waals surface area contributed by atoms with Crippen LogP contribution in [0.4, 0.5) is 5.69 Å². The maximum absolute atomic E-state index is 10.6. The van der Waals surface area contributed by atoms with Crippen molar-refractivity contribution >= 4 is 5.69 Å². The molecule has 70 valence electrons. The normalized spacial score (nSPS) is 9.69. The van der Waals surface area contributed by atoms with Gasteiger partial charge in [0.25, 0.3) is 0 Å². The molecule has 0 fully saturated rings. The van der Waals surface area contributed by atoms with Crippen LogP contribution in [0.2, 0.25) is 0 Å². The average Bonchev–Trinajstić information content (AvgIpc) is 2.16. The second kappa shape index (κ2) is 3.89. The van der Waals surface area contributed by atoms with Gasteiger partial charge in [0.2, 0.25) is 0 Å². The standard InChI is InChI=1S/C9H11NO3/c1-3-7-4-5-9(13-2)8(6-7)10(11)12/h4-6H,3H2,1-2H3. The van der Waals surface area contributed by atoms with Gasteiger partial charge >= 0.3 is 5.69 Å². The lowest BCUT2D eigenvalue weighted by atomic mass is 10.1. The Bertz CT molecular complexity index is 323. The predicted molar refractivity (Wildman–Crippen MR) is 49.0 cm³/mol. The van der Waals surface area contributed by atoms with E-state index in [4.69, 9.17) is 4.74 Å². The molecule has 0 amide bonds. The SMILES string of the molecule is CCc1ccc(OC)c([N+](=O)[O-])c1. The number of hydrogen-bond donors (Lipinski definition) is 0. The van der Waals surface area contributed by atoms with Crippen LogP contribution in [0.5, 0.6) is 5.75 Å². The minimum absolute atomic E-state index is 0.0295. The van der Waals surface area contributed by atoms with Crippen LogP contribution >= 0.6 is 0 Å². The molecule has 1 rings (SSSR count). The van der Waals surface area contributed by atoms with Crippen molar-refractivity contribution in [3.63, 3.8) is 0 Å². The van der Waals surface area contributed by atoms with E-state index in [0.717, 1.165) is 12.0 Å². The molecule has 0 heterocycles. The predicted octanol–water partition coefficient (Wildman–Crippen LogP) is 2.17. The highest BCUT2D eigenvalue weighted by atomic mass is 16.6. The zero-order chi connectivity index (χ0) is 9.84. The Hall–Kier alpha value is -1.58. The molecule has 0 aliphatic rings. The van der Waals surface area contributed by atoms with Crippen molar-refractivity contribution < 1.29 is 9.66 Å². The summed E-state index contributed by atoms with van der Waals surface area (Å²) in [7, 11) is 1.42. The van der Waals surface area contributed by atoms with E-state index in [1.54, 1.807) is 12.1 Å². The highest BCUT2D eigenvalue weighted by Gasteiger charge is 2.13. The molecule has 0 saturated heterocycles. The van der Waals surface area contributed by atoms with Crippen molar-refractivity contribution in [2.75, 3.05) is 7.11 Å². The molecule has 0 aliphatic heterocycles. The molecule has 13 heavy (non-hydrogen) atoms. The number of nitro benzene ring substituents is 1. The zero-order valence-electron chi connectivity index (χ0n) is 7.61. The molecule has 1 aromatic carbocycles. The number of ether oxygens (including phenoxy) is 1. The van der Waals surface area contributed by atoms with Gasteiger partial charge in [-0.2, -0.15) is 0 Å². The van der Waals surface area contributed by atoms with E-state index in [1.807, 2.05) is 13.0 Å². The first-order valence-electron chi connectivity index (χ1n) is 4.00. The lowest BCUT2D eigenvalue weighted by molar-refractivity contribution is -0.385. The van der Waals surface area contributed by atoms with Crippen LogP contribution < -0.4 is 4.74 Å². The molecule has 0 saturated carbocycles. The maximum atomic E-state index is 10.6. The van der Waals surface area contributed by atoms with Crippen LogP contribution in [0.1, 0.15) is 12.5 Å². The Labute approximate surface area is 76.3 Å². The number of rotatable bonds is 3. The van der Waals surface area contributed by atoms with Crippen LogP contribution in [0, 0.1) is 10.1 Å². The van der Waals surface area contributed by atoms with Gasteiger partial charge in [0.1, 0.15) is 0 Å². The number of nitro groups is 1. The van der Waals surface area contributed by atoms with E-state index < -0.39 is 4.92 Å². The van der Waals surface area contributed by atoms with Gasteiger partial charge in [-0.15, -0.1) is 0 Å². The molecule has 0 aliphatic carbocycles. The van der Waals surface area contributed by atoms with E-state index in [-0.39, 0.29) is 5.69 Å². The first kappa shape index (κ1) is 9.51. The van der Waals surface area contributed by atoms with Crippen LogP contribution in [0.15, 0.2) is 18.2 Å². The Kier molecular flexibility index (Phi) is 2.84. The summed E-state index contributed by atoms with van der Waals surface area (Å²) in [5.41, 5.74) is 0.967. The van der Waals surface area contributed by atoms with E-state index in [1.165, 1.54) is 7.11 Å². The first-order chi connectivity index (χ1) is 6.19. The summed E-state index contributed by atoms with van der Waals surface area (Å²) in [6, 6.07) is 4.99. The van der Waals surface area contributed by atoms with Gasteiger partial charge < -0.3 is 4.74 Å². The number of benzene rings is 1. The van der Waals surface area contributed by atoms with Crippen LogP contribution in [0.3, 0.4) is 0 Å². The highest BCUT2D eigenvalue weighted by Crippen LogP contribution is 2.27. The Morgan fingerprint density at radius 1 is 1.54 bits per heavy atom. The lowest BCUT2D eigenvalue weighted by Crippen LogP contribution is -1.94. The van der Waals surface area contributed by atoms with Crippen molar-refractivity contribution in [2.45, 2.75) is 13.3 Å². The molecule has 0 radical (unpaired) electrons. The largest absolute Gasteiger partial charge is 0.490 e. The third kappa shape index (κ3) is 1.96.